The summed E-state index contributed by atoms with van der Waals surface area (Å²) < 4.78 is 0. The van der Waals surface area contributed by atoms with Crippen molar-refractivity contribution in [2.24, 2.45) is 40.4 Å². The number of benzene rings is 1. The van der Waals surface area contributed by atoms with Crippen LogP contribution in [-0.4, -0.2) is 47.8 Å². The second kappa shape index (κ2) is 12.5. The lowest BCUT2D eigenvalue weighted by Gasteiger charge is -2.62. The first-order chi connectivity index (χ1) is 18.1. The van der Waals surface area contributed by atoms with E-state index in [1.807, 2.05) is 18.2 Å². The fourth-order valence-corrected chi connectivity index (χ4v) is 8.92. The van der Waals surface area contributed by atoms with Gasteiger partial charge in [0.2, 0.25) is 5.91 Å². The van der Waals surface area contributed by atoms with Gasteiger partial charge in [0.05, 0.1) is 6.10 Å². The number of aliphatic carboxylic acids is 1. The predicted octanol–water partition coefficient (Wildman–Crippen LogP) is 5.18. The lowest BCUT2D eigenvalue weighted by atomic mass is 9.45. The second-order valence-corrected chi connectivity index (χ2v) is 13.1. The Bertz CT molecular complexity index is 939. The molecule has 38 heavy (non-hydrogen) atoms. The number of rotatable bonds is 7. The van der Waals surface area contributed by atoms with E-state index in [-0.39, 0.29) is 18.6 Å². The number of aliphatic hydroxyl groups is 1. The Morgan fingerprint density at radius 1 is 1.03 bits per heavy atom. The maximum absolute atomic E-state index is 11.8. The highest BCUT2D eigenvalue weighted by Crippen LogP contribution is 2.66. The summed E-state index contributed by atoms with van der Waals surface area (Å²) in [5.41, 5.74) is 2.03. The van der Waals surface area contributed by atoms with Crippen molar-refractivity contribution >= 4 is 11.9 Å². The smallest absolute Gasteiger partial charge is 0.322 e. The van der Waals surface area contributed by atoms with Gasteiger partial charge in [-0.2, -0.15) is 0 Å². The molecule has 7 unspecified atom stereocenters. The molecule has 4 N–H and O–H groups in total. The Kier molecular flexibility index (Phi) is 9.57. The van der Waals surface area contributed by atoms with Gasteiger partial charge in [0, 0.05) is 6.42 Å². The molecule has 4 fully saturated rings. The molecule has 1 aromatic carbocycles. The first kappa shape index (κ1) is 29.1. The monoisotopic (exact) mass is 526 g/mol. The van der Waals surface area contributed by atoms with E-state index in [2.05, 4.69) is 43.5 Å². The van der Waals surface area contributed by atoms with Gasteiger partial charge in [0.15, 0.2) is 0 Å². The van der Waals surface area contributed by atoms with Crippen LogP contribution in [0.3, 0.4) is 0 Å². The molecular formula is C32H50N2O4. The number of carboxylic acid groups (broad SMARTS) is 1. The predicted molar refractivity (Wildman–Crippen MR) is 151 cm³/mol. The van der Waals surface area contributed by atoms with E-state index >= 15 is 0 Å². The van der Waals surface area contributed by atoms with E-state index < -0.39 is 5.97 Å². The molecule has 6 heteroatoms. The van der Waals surface area contributed by atoms with Gasteiger partial charge in [-0.25, -0.2) is 0 Å². The van der Waals surface area contributed by atoms with Crippen LogP contribution < -0.4 is 10.6 Å². The topological polar surface area (TPSA) is 98.7 Å². The van der Waals surface area contributed by atoms with E-state index in [0.29, 0.717) is 46.8 Å². The van der Waals surface area contributed by atoms with Gasteiger partial charge < -0.3 is 20.8 Å². The minimum Gasteiger partial charge on any atom is -0.480 e. The number of fused-ring (bicyclic) bond motifs is 5. The Hall–Kier alpha value is -1.92. The Balaban J connectivity index is 0.000000417. The fourth-order valence-electron chi connectivity index (χ4n) is 8.92. The van der Waals surface area contributed by atoms with Crippen molar-refractivity contribution in [3.05, 3.63) is 35.9 Å². The van der Waals surface area contributed by atoms with Gasteiger partial charge in [-0.1, -0.05) is 56.2 Å². The largest absolute Gasteiger partial charge is 0.480 e. The molecular weight excluding hydrogens is 476 g/mol. The number of nitrogens with one attached hydrogen (secondary N) is 2. The summed E-state index contributed by atoms with van der Waals surface area (Å²) in [7, 11) is 0. The van der Waals surface area contributed by atoms with E-state index in [0.717, 1.165) is 38.8 Å². The van der Waals surface area contributed by atoms with Crippen LogP contribution in [0.5, 0.6) is 0 Å². The summed E-state index contributed by atoms with van der Waals surface area (Å²) in [5, 5.41) is 25.9. The maximum atomic E-state index is 11.8. The SMILES string of the molecule is CC12CCC3C(C(O)CC4CNCC[C@@]43C)C1CCC2CCCCC(=O)NCC(=O)O.Cc1ccccc1. The van der Waals surface area contributed by atoms with Gasteiger partial charge in [-0.05, 0) is 112 Å². The molecule has 6 nitrogen and oxygen atoms in total. The molecule has 8 atom stereocenters. The molecule has 1 saturated heterocycles. The highest BCUT2D eigenvalue weighted by Gasteiger charge is 2.61. The number of amides is 1. The number of carbonyl (C=O) groups excluding carboxylic acids is 1. The van der Waals surface area contributed by atoms with Crippen LogP contribution in [0.1, 0.15) is 83.6 Å². The zero-order valence-corrected chi connectivity index (χ0v) is 23.8. The molecule has 3 saturated carbocycles. The maximum Gasteiger partial charge on any atom is 0.322 e. The molecule has 1 amide bonds. The number of aliphatic hydroxyl groups excluding tert-OH is 1. The van der Waals surface area contributed by atoms with E-state index in [9.17, 15) is 14.7 Å². The van der Waals surface area contributed by atoms with Gasteiger partial charge in [-0.3, -0.25) is 9.59 Å². The molecule has 0 bridgehead atoms. The minimum atomic E-state index is -0.997. The van der Waals surface area contributed by atoms with Crippen molar-refractivity contribution in [1.29, 1.82) is 0 Å². The lowest BCUT2D eigenvalue weighted by molar-refractivity contribution is -0.159. The third-order valence-corrected chi connectivity index (χ3v) is 11.1. The van der Waals surface area contributed by atoms with Crippen LogP contribution in [0.15, 0.2) is 30.3 Å². The number of piperidine rings is 1. The molecule has 0 spiro atoms. The average Bonchev–Trinajstić information content (AvgIpc) is 3.22. The minimum absolute atomic E-state index is 0.149. The van der Waals surface area contributed by atoms with E-state index in [1.165, 1.54) is 37.7 Å². The van der Waals surface area contributed by atoms with Gasteiger partial charge in [-0.15, -0.1) is 0 Å². The lowest BCUT2D eigenvalue weighted by Crippen LogP contribution is -2.60. The molecule has 5 rings (SSSR count). The molecule has 1 heterocycles. The summed E-state index contributed by atoms with van der Waals surface area (Å²) in [6.45, 7) is 9.00. The summed E-state index contributed by atoms with van der Waals surface area (Å²) in [6, 6.07) is 10.3. The zero-order valence-electron chi connectivity index (χ0n) is 23.8. The molecule has 3 aliphatic carbocycles. The first-order valence-corrected chi connectivity index (χ1v) is 15.0. The van der Waals surface area contributed by atoms with Gasteiger partial charge >= 0.3 is 5.97 Å². The average molecular weight is 527 g/mol. The second-order valence-electron chi connectivity index (χ2n) is 13.1. The Morgan fingerprint density at radius 3 is 2.45 bits per heavy atom. The normalized spacial score (nSPS) is 37.6. The molecule has 0 aromatic heterocycles. The van der Waals surface area contributed by atoms with Crippen molar-refractivity contribution in [2.75, 3.05) is 19.6 Å². The zero-order chi connectivity index (χ0) is 27.3. The molecule has 0 radical (unpaired) electrons. The highest BCUT2D eigenvalue weighted by atomic mass is 16.4. The third kappa shape index (κ3) is 6.28. The van der Waals surface area contributed by atoms with E-state index in [4.69, 9.17) is 5.11 Å². The molecule has 212 valence electrons. The van der Waals surface area contributed by atoms with Gasteiger partial charge in [0.25, 0.3) is 0 Å². The quantitative estimate of drug-likeness (QED) is 0.367. The van der Waals surface area contributed by atoms with Gasteiger partial charge in [0.1, 0.15) is 6.54 Å². The number of aryl methyl sites for hydroxylation is 1. The van der Waals surface area contributed by atoms with Crippen LogP contribution >= 0.6 is 0 Å². The number of carboxylic acids is 1. The van der Waals surface area contributed by atoms with Crippen molar-refractivity contribution in [3.8, 4) is 0 Å². The first-order valence-electron chi connectivity index (χ1n) is 15.0. The molecule has 1 aromatic rings. The van der Waals surface area contributed by atoms with Crippen LogP contribution in [0.2, 0.25) is 0 Å². The summed E-state index contributed by atoms with van der Waals surface area (Å²) in [5.74, 6) is 1.91. The standard InChI is InChI=1S/C25H42N2O4.C7H8/c1-24-10-9-19-23(20(28)13-17-14-26-12-11-25(17,19)2)18(24)8-7-16(24)5-3-4-6-21(29)27-15-22(30)31;1-7-5-3-2-4-6-7/h16-20,23,26,28H,3-15H2,1-2H3,(H,27,29)(H,30,31);2-6H,1H3/t16?,17?,18?,19?,20?,23?,24?,25-;/m0./s1. The Labute approximate surface area is 229 Å². The molecule has 1 aliphatic heterocycles. The number of hydrogen-bond donors (Lipinski definition) is 4. The Morgan fingerprint density at radius 2 is 1.76 bits per heavy atom. The van der Waals surface area contributed by atoms with Crippen molar-refractivity contribution in [1.82, 2.24) is 10.6 Å². The third-order valence-electron chi connectivity index (χ3n) is 11.1. The van der Waals surface area contributed by atoms with Crippen LogP contribution in [-0.2, 0) is 9.59 Å². The highest BCUT2D eigenvalue weighted by molar-refractivity contribution is 5.80. The number of hydrogen-bond acceptors (Lipinski definition) is 4. The number of unbranched alkanes of at least 4 members (excludes halogenated alkanes) is 1. The number of carbonyl (C=O) groups is 2. The van der Waals surface area contributed by atoms with Crippen LogP contribution in [0.4, 0.5) is 0 Å². The summed E-state index contributed by atoms with van der Waals surface area (Å²) in [4.78, 5) is 22.3. The van der Waals surface area contributed by atoms with Crippen molar-refractivity contribution in [3.63, 3.8) is 0 Å². The molecule has 4 aliphatic rings. The van der Waals surface area contributed by atoms with Crippen LogP contribution in [0, 0.1) is 47.3 Å². The fraction of sp³-hybridized carbons (Fsp3) is 0.750. The summed E-state index contributed by atoms with van der Waals surface area (Å²) >= 11 is 0. The summed E-state index contributed by atoms with van der Waals surface area (Å²) in [6.07, 6.45) is 10.5. The van der Waals surface area contributed by atoms with Crippen LogP contribution in [0.25, 0.3) is 0 Å². The van der Waals surface area contributed by atoms with E-state index in [1.54, 1.807) is 0 Å². The van der Waals surface area contributed by atoms with Crippen molar-refractivity contribution in [2.45, 2.75) is 91.1 Å². The van der Waals surface area contributed by atoms with Crippen molar-refractivity contribution < 1.29 is 19.8 Å².